The molecule has 0 aliphatic heterocycles. The second-order valence-electron chi connectivity index (χ2n) is 4.31. The number of hydrogen-bond acceptors (Lipinski definition) is 6. The average molecular weight is 340 g/mol. The average Bonchev–Trinajstić information content (AvgIpc) is 3.18. The topological polar surface area (TPSA) is 72.2 Å². The lowest BCUT2D eigenvalue weighted by molar-refractivity contribution is 0.433. The minimum atomic E-state index is -3.53. The van der Waals surface area contributed by atoms with Gasteiger partial charge in [-0.05, 0) is 24.4 Å². The molecule has 110 valence electrons. The van der Waals surface area contributed by atoms with Gasteiger partial charge in [-0.2, -0.15) is 0 Å². The zero-order chi connectivity index (χ0) is 14.9. The SMILES string of the molecule is Cc1sc(-c2ccno2)cc1S(=O)(=O)NCc1cccs1. The van der Waals surface area contributed by atoms with Crippen LogP contribution in [0, 0.1) is 6.92 Å². The fraction of sp³-hybridized carbons (Fsp3) is 0.154. The minimum Gasteiger partial charge on any atom is -0.355 e. The molecule has 0 spiro atoms. The Labute approximate surface area is 130 Å². The highest BCUT2D eigenvalue weighted by molar-refractivity contribution is 7.89. The molecule has 8 heteroatoms. The summed E-state index contributed by atoms with van der Waals surface area (Å²) in [5.74, 6) is 0.572. The quantitative estimate of drug-likeness (QED) is 0.774. The number of sulfonamides is 1. The number of rotatable bonds is 5. The molecular formula is C13H12N2O3S3. The molecule has 0 radical (unpaired) electrons. The van der Waals surface area contributed by atoms with Crippen molar-refractivity contribution < 1.29 is 12.9 Å². The van der Waals surface area contributed by atoms with Crippen LogP contribution >= 0.6 is 22.7 Å². The predicted octanol–water partition coefficient (Wildman–Crippen LogP) is 3.25. The van der Waals surface area contributed by atoms with E-state index in [1.807, 2.05) is 17.5 Å². The third-order valence-electron chi connectivity index (χ3n) is 2.86. The van der Waals surface area contributed by atoms with Crippen LogP contribution in [0.15, 0.2) is 45.3 Å². The Balaban J connectivity index is 1.85. The fourth-order valence-electron chi connectivity index (χ4n) is 1.85. The summed E-state index contributed by atoms with van der Waals surface area (Å²) in [6, 6.07) is 7.12. The molecule has 3 heterocycles. The largest absolute Gasteiger partial charge is 0.355 e. The number of hydrogen-bond donors (Lipinski definition) is 1. The van der Waals surface area contributed by atoms with Crippen LogP contribution in [-0.2, 0) is 16.6 Å². The summed E-state index contributed by atoms with van der Waals surface area (Å²) in [6.45, 7) is 2.08. The first-order valence-corrected chi connectivity index (χ1v) is 9.28. The van der Waals surface area contributed by atoms with E-state index in [4.69, 9.17) is 4.52 Å². The van der Waals surface area contributed by atoms with Crippen LogP contribution in [0.5, 0.6) is 0 Å². The van der Waals surface area contributed by atoms with Crippen molar-refractivity contribution in [1.82, 2.24) is 9.88 Å². The van der Waals surface area contributed by atoms with Crippen molar-refractivity contribution in [3.05, 3.63) is 45.6 Å². The lowest BCUT2D eigenvalue weighted by Crippen LogP contribution is -2.22. The summed E-state index contributed by atoms with van der Waals surface area (Å²) in [5, 5.41) is 5.56. The van der Waals surface area contributed by atoms with Crippen molar-refractivity contribution in [3.63, 3.8) is 0 Å². The molecule has 0 unspecified atom stereocenters. The van der Waals surface area contributed by atoms with E-state index >= 15 is 0 Å². The van der Waals surface area contributed by atoms with Crippen molar-refractivity contribution in [2.45, 2.75) is 18.4 Å². The molecule has 21 heavy (non-hydrogen) atoms. The number of nitrogens with one attached hydrogen (secondary N) is 1. The Morgan fingerprint density at radius 3 is 2.90 bits per heavy atom. The van der Waals surface area contributed by atoms with Gasteiger partial charge in [-0.1, -0.05) is 11.2 Å². The van der Waals surface area contributed by atoms with Gasteiger partial charge in [0.2, 0.25) is 10.0 Å². The fourth-order valence-corrected chi connectivity index (χ4v) is 5.14. The number of aryl methyl sites for hydroxylation is 1. The highest BCUT2D eigenvalue weighted by Crippen LogP contribution is 2.33. The molecule has 3 aromatic heterocycles. The molecule has 0 bridgehead atoms. The maximum atomic E-state index is 12.4. The third kappa shape index (κ3) is 3.08. The minimum absolute atomic E-state index is 0.287. The Kier molecular flexibility index (Phi) is 3.94. The summed E-state index contributed by atoms with van der Waals surface area (Å²) >= 11 is 2.89. The van der Waals surface area contributed by atoms with Crippen molar-refractivity contribution in [1.29, 1.82) is 0 Å². The number of nitrogens with zero attached hydrogens (tertiary/aromatic N) is 1. The molecule has 0 amide bonds. The lowest BCUT2D eigenvalue weighted by Gasteiger charge is -2.04. The Bertz CT molecular complexity index is 818. The standard InChI is InChI=1S/C13H12N2O3S3/c1-9-13(7-12(20-9)11-4-5-14-18-11)21(16,17)15-8-10-3-2-6-19-10/h2-7,15H,8H2,1H3. The van der Waals surface area contributed by atoms with Gasteiger partial charge < -0.3 is 4.52 Å². The Hall–Kier alpha value is -1.48. The molecule has 3 aromatic rings. The van der Waals surface area contributed by atoms with Gasteiger partial charge in [0, 0.05) is 22.4 Å². The summed E-state index contributed by atoms with van der Waals surface area (Å²) in [6.07, 6.45) is 1.54. The first-order chi connectivity index (χ1) is 10.1. The van der Waals surface area contributed by atoms with Crippen molar-refractivity contribution in [3.8, 4) is 10.6 Å². The van der Waals surface area contributed by atoms with Crippen LogP contribution in [0.3, 0.4) is 0 Å². The summed E-state index contributed by atoms with van der Waals surface area (Å²) < 4.78 is 32.5. The second kappa shape index (κ2) is 5.72. The van der Waals surface area contributed by atoms with Gasteiger partial charge in [-0.3, -0.25) is 0 Å². The van der Waals surface area contributed by atoms with Crippen LogP contribution in [-0.4, -0.2) is 13.6 Å². The number of thiophene rings is 2. The Morgan fingerprint density at radius 2 is 2.24 bits per heavy atom. The summed E-state index contributed by atoms with van der Waals surface area (Å²) in [5.41, 5.74) is 0. The third-order valence-corrected chi connectivity index (χ3v) is 6.46. The monoisotopic (exact) mass is 340 g/mol. The summed E-state index contributed by atoms with van der Waals surface area (Å²) in [4.78, 5) is 2.74. The molecule has 0 fully saturated rings. The Morgan fingerprint density at radius 1 is 1.38 bits per heavy atom. The highest BCUT2D eigenvalue weighted by atomic mass is 32.2. The first kappa shape index (κ1) is 14.5. The van der Waals surface area contributed by atoms with Gasteiger partial charge in [-0.15, -0.1) is 22.7 Å². The number of aromatic nitrogens is 1. The first-order valence-electron chi connectivity index (χ1n) is 6.10. The molecule has 0 atom stereocenters. The molecular weight excluding hydrogens is 328 g/mol. The van der Waals surface area contributed by atoms with Crippen LogP contribution in [0.4, 0.5) is 0 Å². The van der Waals surface area contributed by atoms with Crippen LogP contribution in [0.25, 0.3) is 10.6 Å². The maximum absolute atomic E-state index is 12.4. The van der Waals surface area contributed by atoms with Crippen molar-refractivity contribution in [2.75, 3.05) is 0 Å². The highest BCUT2D eigenvalue weighted by Gasteiger charge is 2.21. The molecule has 0 aromatic carbocycles. The molecule has 1 N–H and O–H groups in total. The van der Waals surface area contributed by atoms with Gasteiger partial charge in [-0.25, -0.2) is 13.1 Å². The lowest BCUT2D eigenvalue weighted by atomic mass is 10.3. The van der Waals surface area contributed by atoms with E-state index in [0.717, 1.165) is 14.6 Å². The molecule has 0 aliphatic rings. The van der Waals surface area contributed by atoms with Gasteiger partial charge >= 0.3 is 0 Å². The molecule has 0 saturated heterocycles. The van der Waals surface area contributed by atoms with Crippen molar-refractivity contribution in [2.24, 2.45) is 0 Å². The van der Waals surface area contributed by atoms with E-state index in [1.165, 1.54) is 28.9 Å². The van der Waals surface area contributed by atoms with Crippen molar-refractivity contribution >= 4 is 32.7 Å². The molecule has 0 aliphatic carbocycles. The molecule has 0 saturated carbocycles. The zero-order valence-corrected chi connectivity index (χ0v) is 13.5. The molecule has 3 rings (SSSR count). The smallest absolute Gasteiger partial charge is 0.242 e. The van der Waals surface area contributed by atoms with Gasteiger partial charge in [0.25, 0.3) is 0 Å². The zero-order valence-electron chi connectivity index (χ0n) is 11.1. The van der Waals surface area contributed by atoms with E-state index in [9.17, 15) is 8.42 Å². The van der Waals surface area contributed by atoms with E-state index in [1.54, 1.807) is 19.1 Å². The van der Waals surface area contributed by atoms with Crippen LogP contribution in [0.2, 0.25) is 0 Å². The van der Waals surface area contributed by atoms with E-state index in [0.29, 0.717) is 12.3 Å². The van der Waals surface area contributed by atoms with E-state index < -0.39 is 10.0 Å². The van der Waals surface area contributed by atoms with E-state index in [-0.39, 0.29) is 4.90 Å². The molecule has 5 nitrogen and oxygen atoms in total. The summed E-state index contributed by atoms with van der Waals surface area (Å²) in [7, 11) is -3.53. The van der Waals surface area contributed by atoms with Gasteiger partial charge in [0.1, 0.15) is 0 Å². The predicted molar refractivity (Wildman–Crippen MR) is 82.9 cm³/mol. The van der Waals surface area contributed by atoms with Gasteiger partial charge in [0.05, 0.1) is 16.0 Å². The van der Waals surface area contributed by atoms with Crippen LogP contribution in [0.1, 0.15) is 9.75 Å². The van der Waals surface area contributed by atoms with Crippen LogP contribution < -0.4 is 4.72 Å². The van der Waals surface area contributed by atoms with E-state index in [2.05, 4.69) is 9.88 Å². The second-order valence-corrected chi connectivity index (χ2v) is 8.34. The normalized spacial score (nSPS) is 11.9. The van der Waals surface area contributed by atoms with Gasteiger partial charge in [0.15, 0.2) is 5.76 Å². The maximum Gasteiger partial charge on any atom is 0.242 e.